The van der Waals surface area contributed by atoms with Crippen LogP contribution in [0.15, 0.2) is 24.4 Å². The number of halogens is 2. The van der Waals surface area contributed by atoms with E-state index in [4.69, 9.17) is 23.2 Å². The number of hydrogen-bond acceptors (Lipinski definition) is 2. The van der Waals surface area contributed by atoms with E-state index in [2.05, 4.69) is 36.3 Å². The summed E-state index contributed by atoms with van der Waals surface area (Å²) in [6.45, 7) is 7.11. The van der Waals surface area contributed by atoms with Gasteiger partial charge in [0.2, 0.25) is 0 Å². The van der Waals surface area contributed by atoms with Gasteiger partial charge in [0.05, 0.1) is 5.69 Å². The molecule has 2 N–H and O–H groups in total. The van der Waals surface area contributed by atoms with Crippen molar-refractivity contribution in [1.29, 1.82) is 0 Å². The van der Waals surface area contributed by atoms with Gasteiger partial charge in [-0.05, 0) is 18.2 Å². The van der Waals surface area contributed by atoms with Crippen LogP contribution in [0, 0.1) is 0 Å². The molecule has 2 rings (SSSR count). The third kappa shape index (κ3) is 3.64. The molecule has 0 radical (unpaired) electrons. The van der Waals surface area contributed by atoms with Gasteiger partial charge in [0.1, 0.15) is 0 Å². The topological polar surface area (TPSA) is 40.7 Å². The Balaban J connectivity index is 2.13. The number of aromatic amines is 1. The van der Waals surface area contributed by atoms with E-state index >= 15 is 0 Å². The van der Waals surface area contributed by atoms with Crippen molar-refractivity contribution < 1.29 is 0 Å². The molecule has 19 heavy (non-hydrogen) atoms. The van der Waals surface area contributed by atoms with Gasteiger partial charge in [-0.15, -0.1) is 0 Å². The number of rotatable bonds is 3. The van der Waals surface area contributed by atoms with Crippen molar-refractivity contribution in [2.75, 3.05) is 5.32 Å². The maximum atomic E-state index is 5.97. The predicted octanol–water partition coefficient (Wildman–Crippen LogP) is 4.63. The van der Waals surface area contributed by atoms with Gasteiger partial charge in [-0.1, -0.05) is 44.0 Å². The van der Waals surface area contributed by atoms with Crippen LogP contribution in [0.3, 0.4) is 0 Å². The number of hydrogen-bond donors (Lipinski definition) is 2. The molecule has 0 unspecified atom stereocenters. The van der Waals surface area contributed by atoms with Crippen molar-refractivity contribution in [3.05, 3.63) is 45.7 Å². The molecule has 0 spiro atoms. The predicted molar refractivity (Wildman–Crippen MR) is 81.1 cm³/mol. The van der Waals surface area contributed by atoms with Gasteiger partial charge >= 0.3 is 0 Å². The van der Waals surface area contributed by atoms with Crippen LogP contribution in [-0.2, 0) is 12.0 Å². The van der Waals surface area contributed by atoms with Crippen molar-refractivity contribution in [3.63, 3.8) is 0 Å². The first-order chi connectivity index (χ1) is 8.86. The summed E-state index contributed by atoms with van der Waals surface area (Å²) in [5, 5.41) is 11.8. The summed E-state index contributed by atoms with van der Waals surface area (Å²) >= 11 is 11.9. The highest BCUT2D eigenvalue weighted by atomic mass is 35.5. The van der Waals surface area contributed by atoms with Gasteiger partial charge in [-0.2, -0.15) is 5.10 Å². The first-order valence-electron chi connectivity index (χ1n) is 6.09. The molecule has 1 aromatic heterocycles. The zero-order valence-corrected chi connectivity index (χ0v) is 12.7. The molecular weight excluding hydrogens is 281 g/mol. The second-order valence-electron chi connectivity index (χ2n) is 5.52. The fourth-order valence-electron chi connectivity index (χ4n) is 1.95. The zero-order valence-electron chi connectivity index (χ0n) is 11.2. The molecule has 0 aliphatic rings. The molecule has 1 heterocycles. The van der Waals surface area contributed by atoms with E-state index in [1.165, 1.54) is 0 Å². The summed E-state index contributed by atoms with van der Waals surface area (Å²) in [5.74, 6) is 0. The minimum Gasteiger partial charge on any atom is -0.381 e. The summed E-state index contributed by atoms with van der Waals surface area (Å²) in [6, 6.07) is 5.42. The third-order valence-electron chi connectivity index (χ3n) is 2.78. The van der Waals surface area contributed by atoms with Crippen molar-refractivity contribution in [2.45, 2.75) is 32.7 Å². The van der Waals surface area contributed by atoms with E-state index in [1.807, 2.05) is 18.3 Å². The van der Waals surface area contributed by atoms with E-state index in [0.717, 1.165) is 16.9 Å². The molecule has 1 aromatic carbocycles. The molecule has 0 bridgehead atoms. The Hall–Kier alpha value is -1.19. The molecule has 0 aliphatic heterocycles. The highest BCUT2D eigenvalue weighted by molar-refractivity contribution is 6.35. The molecule has 0 atom stereocenters. The second kappa shape index (κ2) is 5.43. The Bertz CT molecular complexity index is 550. The summed E-state index contributed by atoms with van der Waals surface area (Å²) in [6.07, 6.45) is 1.92. The van der Waals surface area contributed by atoms with Crippen molar-refractivity contribution in [1.82, 2.24) is 10.2 Å². The van der Waals surface area contributed by atoms with Gasteiger partial charge in [0.25, 0.3) is 0 Å². The number of nitrogens with zero attached hydrogens (tertiary/aromatic N) is 1. The average molecular weight is 298 g/mol. The van der Waals surface area contributed by atoms with Gasteiger partial charge in [-0.25, -0.2) is 0 Å². The van der Waals surface area contributed by atoms with Crippen LogP contribution >= 0.6 is 23.2 Å². The maximum Gasteiger partial charge on any atom is 0.0725 e. The van der Waals surface area contributed by atoms with Gasteiger partial charge in [0, 0.05) is 39.5 Å². The van der Waals surface area contributed by atoms with Crippen LogP contribution in [0.1, 0.15) is 32.0 Å². The molecule has 0 aliphatic carbocycles. The zero-order chi connectivity index (χ0) is 14.0. The summed E-state index contributed by atoms with van der Waals surface area (Å²) in [7, 11) is 0. The largest absolute Gasteiger partial charge is 0.381 e. The fraction of sp³-hybridized carbons (Fsp3) is 0.357. The number of aromatic nitrogens is 2. The molecule has 3 nitrogen and oxygen atoms in total. The first-order valence-corrected chi connectivity index (χ1v) is 6.85. The van der Waals surface area contributed by atoms with Gasteiger partial charge in [0.15, 0.2) is 0 Å². The number of H-pyrrole nitrogens is 1. The molecule has 5 heteroatoms. The average Bonchev–Trinajstić information content (AvgIpc) is 2.72. The molecular formula is C14H17Cl2N3. The van der Waals surface area contributed by atoms with E-state index in [-0.39, 0.29) is 5.41 Å². The maximum absolute atomic E-state index is 5.97. The summed E-state index contributed by atoms with van der Waals surface area (Å²) < 4.78 is 0. The smallest absolute Gasteiger partial charge is 0.0725 e. The fourth-order valence-corrected chi connectivity index (χ4v) is 2.48. The SMILES string of the molecule is CC(C)(C)c1n[nH]cc1CNc1cc(Cl)cc(Cl)c1. The van der Waals surface area contributed by atoms with Crippen LogP contribution in [-0.4, -0.2) is 10.2 Å². The van der Waals surface area contributed by atoms with Crippen LogP contribution in [0.2, 0.25) is 10.0 Å². The van der Waals surface area contributed by atoms with Crippen molar-refractivity contribution in [2.24, 2.45) is 0 Å². The lowest BCUT2D eigenvalue weighted by Crippen LogP contribution is -2.15. The molecule has 0 saturated carbocycles. The van der Waals surface area contributed by atoms with E-state index < -0.39 is 0 Å². The van der Waals surface area contributed by atoms with E-state index in [9.17, 15) is 0 Å². The highest BCUT2D eigenvalue weighted by Gasteiger charge is 2.20. The normalized spacial score (nSPS) is 11.6. The van der Waals surface area contributed by atoms with E-state index in [0.29, 0.717) is 16.6 Å². The number of benzene rings is 1. The third-order valence-corrected chi connectivity index (χ3v) is 3.21. The Morgan fingerprint density at radius 3 is 2.37 bits per heavy atom. The molecule has 0 amide bonds. The second-order valence-corrected chi connectivity index (χ2v) is 6.39. The Morgan fingerprint density at radius 2 is 1.79 bits per heavy atom. The Kier molecular flexibility index (Phi) is 4.07. The minimum absolute atomic E-state index is 0.0169. The summed E-state index contributed by atoms with van der Waals surface area (Å²) in [4.78, 5) is 0. The van der Waals surface area contributed by atoms with Crippen LogP contribution in [0.25, 0.3) is 0 Å². The monoisotopic (exact) mass is 297 g/mol. The molecule has 0 fully saturated rings. The molecule has 0 saturated heterocycles. The van der Waals surface area contributed by atoms with Crippen LogP contribution < -0.4 is 5.32 Å². The van der Waals surface area contributed by atoms with Gasteiger partial charge in [-0.3, -0.25) is 5.10 Å². The lowest BCUT2D eigenvalue weighted by molar-refractivity contribution is 0.561. The number of nitrogens with one attached hydrogen (secondary N) is 2. The van der Waals surface area contributed by atoms with Gasteiger partial charge < -0.3 is 5.32 Å². The highest BCUT2D eigenvalue weighted by Crippen LogP contribution is 2.26. The quantitative estimate of drug-likeness (QED) is 0.867. The van der Waals surface area contributed by atoms with Crippen LogP contribution in [0.4, 0.5) is 5.69 Å². The Morgan fingerprint density at radius 1 is 1.16 bits per heavy atom. The molecule has 2 aromatic rings. The number of anilines is 1. The lowest BCUT2D eigenvalue weighted by Gasteiger charge is -2.18. The minimum atomic E-state index is 0.0169. The standard InChI is InChI=1S/C14H17Cl2N3/c1-14(2,3)13-9(8-18-19-13)7-17-12-5-10(15)4-11(16)6-12/h4-6,8,17H,7H2,1-3H3,(H,18,19). The van der Waals surface area contributed by atoms with E-state index in [1.54, 1.807) is 6.07 Å². The summed E-state index contributed by atoms with van der Waals surface area (Å²) in [5.41, 5.74) is 3.12. The Labute approximate surface area is 123 Å². The lowest BCUT2D eigenvalue weighted by atomic mass is 9.89. The van der Waals surface area contributed by atoms with Crippen LogP contribution in [0.5, 0.6) is 0 Å². The first kappa shape index (κ1) is 14.2. The van der Waals surface area contributed by atoms with Crippen molar-refractivity contribution in [3.8, 4) is 0 Å². The van der Waals surface area contributed by atoms with Crippen molar-refractivity contribution >= 4 is 28.9 Å². The molecule has 102 valence electrons.